The van der Waals surface area contributed by atoms with Crippen molar-refractivity contribution in [2.24, 2.45) is 5.73 Å². The van der Waals surface area contributed by atoms with Gasteiger partial charge >= 0.3 is 0 Å². The Morgan fingerprint density at radius 2 is 2.46 bits per heavy atom. The van der Waals surface area contributed by atoms with Crippen LogP contribution in [0.25, 0.3) is 0 Å². The van der Waals surface area contributed by atoms with Gasteiger partial charge in [-0.25, -0.2) is 0 Å². The number of nitrogens with two attached hydrogens (primary N) is 1. The van der Waals surface area contributed by atoms with Crippen molar-refractivity contribution < 1.29 is 4.74 Å². The number of allylic oxidation sites excluding steroid dienone is 1. The Balaban J connectivity index is 2.12. The molecule has 3 heteroatoms. The van der Waals surface area contributed by atoms with Crippen molar-refractivity contribution in [2.75, 3.05) is 6.61 Å². The first kappa shape index (κ1) is 8.78. The van der Waals surface area contributed by atoms with Crippen molar-refractivity contribution in [3.05, 3.63) is 34.2 Å². The van der Waals surface area contributed by atoms with Crippen LogP contribution in [-0.2, 0) is 4.74 Å². The van der Waals surface area contributed by atoms with Gasteiger partial charge in [0.05, 0.1) is 12.6 Å². The third-order valence-electron chi connectivity index (χ3n) is 2.12. The van der Waals surface area contributed by atoms with Gasteiger partial charge in [-0.3, -0.25) is 0 Å². The topological polar surface area (TPSA) is 35.2 Å². The summed E-state index contributed by atoms with van der Waals surface area (Å²) in [6.07, 6.45) is 4.31. The van der Waals surface area contributed by atoms with Crippen LogP contribution in [0.5, 0.6) is 0 Å². The van der Waals surface area contributed by atoms with Crippen LogP contribution in [0.2, 0.25) is 0 Å². The van der Waals surface area contributed by atoms with Crippen molar-refractivity contribution in [3.63, 3.8) is 0 Å². The largest absolute Gasteiger partial charge is 0.496 e. The van der Waals surface area contributed by atoms with Crippen LogP contribution in [0.1, 0.15) is 23.8 Å². The quantitative estimate of drug-likeness (QED) is 0.786. The monoisotopic (exact) mass is 195 g/mol. The van der Waals surface area contributed by atoms with E-state index in [1.807, 2.05) is 17.5 Å². The molecule has 13 heavy (non-hydrogen) atoms. The third kappa shape index (κ3) is 1.92. The van der Waals surface area contributed by atoms with Crippen molar-refractivity contribution in [1.29, 1.82) is 0 Å². The molecule has 1 atom stereocenters. The van der Waals surface area contributed by atoms with Crippen LogP contribution in [-0.4, -0.2) is 6.61 Å². The molecule has 2 nitrogen and oxygen atoms in total. The highest BCUT2D eigenvalue weighted by molar-refractivity contribution is 7.10. The van der Waals surface area contributed by atoms with Crippen LogP contribution in [0, 0.1) is 0 Å². The van der Waals surface area contributed by atoms with E-state index in [9.17, 15) is 0 Å². The maximum Gasteiger partial charge on any atom is 0.114 e. The normalized spacial score (nSPS) is 19.0. The van der Waals surface area contributed by atoms with E-state index in [1.54, 1.807) is 11.3 Å². The summed E-state index contributed by atoms with van der Waals surface area (Å²) in [5.74, 6) is 0.939. The van der Waals surface area contributed by atoms with E-state index in [1.165, 1.54) is 4.88 Å². The fourth-order valence-corrected chi connectivity index (χ4v) is 2.14. The molecular weight excluding hydrogens is 182 g/mol. The van der Waals surface area contributed by atoms with Crippen molar-refractivity contribution in [3.8, 4) is 0 Å². The lowest BCUT2D eigenvalue weighted by molar-refractivity contribution is 0.176. The average Bonchev–Trinajstić information content (AvgIpc) is 2.71. The summed E-state index contributed by atoms with van der Waals surface area (Å²) in [5.41, 5.74) is 6.03. The Bertz CT molecular complexity index is 292. The molecule has 1 unspecified atom stereocenters. The minimum atomic E-state index is -0.0553. The van der Waals surface area contributed by atoms with E-state index in [0.717, 1.165) is 25.2 Å². The third-order valence-corrected chi connectivity index (χ3v) is 3.07. The highest BCUT2D eigenvalue weighted by atomic mass is 32.1. The minimum absolute atomic E-state index is 0.0553. The highest BCUT2D eigenvalue weighted by Gasteiger charge is 2.15. The molecule has 2 N–H and O–H groups in total. The predicted octanol–water partition coefficient (Wildman–Crippen LogP) is 2.44. The first-order chi connectivity index (χ1) is 6.38. The average molecular weight is 195 g/mol. The summed E-state index contributed by atoms with van der Waals surface area (Å²) in [7, 11) is 0. The molecule has 0 fully saturated rings. The standard InChI is InChI=1S/C10H13NOS/c11-10(9-5-3-7-13-9)8-4-1-2-6-12-8/h3-5,7,10H,1-2,6,11H2. The second-order valence-corrected chi connectivity index (χ2v) is 4.07. The maximum atomic E-state index is 6.03. The smallest absolute Gasteiger partial charge is 0.114 e. The Morgan fingerprint density at radius 3 is 3.08 bits per heavy atom. The molecule has 2 rings (SSSR count). The molecule has 1 aliphatic rings. The Kier molecular flexibility index (Phi) is 2.66. The fourth-order valence-electron chi connectivity index (χ4n) is 1.40. The van der Waals surface area contributed by atoms with Crippen molar-refractivity contribution in [2.45, 2.75) is 18.9 Å². The van der Waals surface area contributed by atoms with E-state index in [0.29, 0.717) is 0 Å². The van der Waals surface area contributed by atoms with Crippen LogP contribution in [0.3, 0.4) is 0 Å². The van der Waals surface area contributed by atoms with E-state index >= 15 is 0 Å². The lowest BCUT2D eigenvalue weighted by Crippen LogP contribution is -2.16. The van der Waals surface area contributed by atoms with Gasteiger partial charge in [0.25, 0.3) is 0 Å². The molecule has 0 saturated carbocycles. The molecule has 0 aromatic carbocycles. The molecule has 0 radical (unpaired) electrons. The summed E-state index contributed by atoms with van der Waals surface area (Å²) >= 11 is 1.68. The molecule has 1 aromatic rings. The molecule has 1 aromatic heterocycles. The molecule has 0 spiro atoms. The van der Waals surface area contributed by atoms with E-state index in [-0.39, 0.29) is 6.04 Å². The number of hydrogen-bond donors (Lipinski definition) is 1. The first-order valence-corrected chi connectivity index (χ1v) is 5.38. The summed E-state index contributed by atoms with van der Waals surface area (Å²) in [6, 6.07) is 4.01. The van der Waals surface area contributed by atoms with Crippen LogP contribution < -0.4 is 5.73 Å². The van der Waals surface area contributed by atoms with Gasteiger partial charge in [-0.05, 0) is 30.4 Å². The Morgan fingerprint density at radius 1 is 1.54 bits per heavy atom. The van der Waals surface area contributed by atoms with Crippen LogP contribution in [0.15, 0.2) is 29.3 Å². The van der Waals surface area contributed by atoms with Gasteiger partial charge < -0.3 is 10.5 Å². The second kappa shape index (κ2) is 3.94. The molecule has 0 amide bonds. The first-order valence-electron chi connectivity index (χ1n) is 4.50. The number of ether oxygens (including phenoxy) is 1. The zero-order valence-electron chi connectivity index (χ0n) is 7.40. The second-order valence-electron chi connectivity index (χ2n) is 3.09. The molecule has 2 heterocycles. The van der Waals surface area contributed by atoms with Gasteiger partial charge in [-0.2, -0.15) is 0 Å². The summed E-state index contributed by atoms with van der Waals surface area (Å²) < 4.78 is 5.51. The number of rotatable bonds is 2. The van der Waals surface area contributed by atoms with Gasteiger partial charge in [0, 0.05) is 4.88 Å². The van der Waals surface area contributed by atoms with Gasteiger partial charge in [-0.15, -0.1) is 11.3 Å². The summed E-state index contributed by atoms with van der Waals surface area (Å²) in [6.45, 7) is 0.810. The van der Waals surface area contributed by atoms with Crippen LogP contribution >= 0.6 is 11.3 Å². The number of thiophene rings is 1. The summed E-state index contributed by atoms with van der Waals surface area (Å²) in [5, 5.41) is 2.04. The van der Waals surface area contributed by atoms with E-state index in [4.69, 9.17) is 10.5 Å². The van der Waals surface area contributed by atoms with Gasteiger partial charge in [0.2, 0.25) is 0 Å². The summed E-state index contributed by atoms with van der Waals surface area (Å²) in [4.78, 5) is 1.17. The molecule has 70 valence electrons. The molecule has 1 aliphatic heterocycles. The molecular formula is C10H13NOS. The van der Waals surface area contributed by atoms with Crippen molar-refractivity contribution in [1.82, 2.24) is 0 Å². The SMILES string of the molecule is NC(C1=CCCCO1)c1cccs1. The van der Waals surface area contributed by atoms with E-state index < -0.39 is 0 Å². The van der Waals surface area contributed by atoms with E-state index in [2.05, 4.69) is 6.08 Å². The Hall–Kier alpha value is -0.800. The highest BCUT2D eigenvalue weighted by Crippen LogP contribution is 2.26. The lowest BCUT2D eigenvalue weighted by atomic mass is 10.1. The number of hydrogen-bond acceptors (Lipinski definition) is 3. The van der Waals surface area contributed by atoms with Crippen LogP contribution in [0.4, 0.5) is 0 Å². The zero-order chi connectivity index (χ0) is 9.10. The van der Waals surface area contributed by atoms with Crippen molar-refractivity contribution >= 4 is 11.3 Å². The molecule has 0 bridgehead atoms. The van der Waals surface area contributed by atoms with Gasteiger partial charge in [0.15, 0.2) is 0 Å². The van der Waals surface area contributed by atoms with Gasteiger partial charge in [-0.1, -0.05) is 6.07 Å². The fraction of sp³-hybridized carbons (Fsp3) is 0.400. The minimum Gasteiger partial charge on any atom is -0.496 e. The zero-order valence-corrected chi connectivity index (χ0v) is 8.22. The van der Waals surface area contributed by atoms with Gasteiger partial charge in [0.1, 0.15) is 5.76 Å². The molecule has 0 aliphatic carbocycles. The lowest BCUT2D eigenvalue weighted by Gasteiger charge is -2.19. The predicted molar refractivity (Wildman–Crippen MR) is 54.5 cm³/mol. The molecule has 0 saturated heterocycles. The Labute approximate surface area is 82.0 Å². The maximum absolute atomic E-state index is 6.03.